The van der Waals surface area contributed by atoms with Gasteiger partial charge in [-0.2, -0.15) is 0 Å². The number of aliphatic hydroxyl groups is 1. The summed E-state index contributed by atoms with van der Waals surface area (Å²) >= 11 is 0. The second-order valence-corrected chi connectivity index (χ2v) is 8.65. The number of fused-ring (bicyclic) bond motifs is 3. The summed E-state index contributed by atoms with van der Waals surface area (Å²) in [5, 5.41) is 19.0. The number of hydrogen-bond acceptors (Lipinski definition) is 5. The number of imidazole rings is 1. The van der Waals surface area contributed by atoms with Gasteiger partial charge < -0.3 is 14.8 Å². The molecular weight excluding hydrogens is 346 g/mol. The number of carboxylic acid groups (broad SMARTS) is 1. The average molecular weight is 367 g/mol. The maximum atomic E-state index is 12.0. The van der Waals surface area contributed by atoms with Crippen molar-refractivity contribution in [2.45, 2.75) is 37.9 Å². The fraction of sp³-hybridized carbons (Fsp3) is 0.500. The molecule has 2 aromatic rings. The molecule has 2 N–H and O–H groups in total. The molecule has 1 aliphatic heterocycles. The number of sulfone groups is 1. The maximum absolute atomic E-state index is 12.0. The molecule has 1 atom stereocenters. The van der Waals surface area contributed by atoms with Crippen molar-refractivity contribution in [1.29, 1.82) is 0 Å². The highest BCUT2D eigenvalue weighted by Gasteiger charge is 2.36. The molecule has 0 bridgehead atoms. The van der Waals surface area contributed by atoms with E-state index in [9.17, 15) is 23.4 Å². The van der Waals surface area contributed by atoms with Crippen LogP contribution in [0.15, 0.2) is 17.0 Å². The Hall–Kier alpha value is -2.13. The minimum atomic E-state index is -3.50. The van der Waals surface area contributed by atoms with Crippen molar-refractivity contribution >= 4 is 27.0 Å². The van der Waals surface area contributed by atoms with Crippen molar-refractivity contribution in [3.63, 3.8) is 0 Å². The minimum absolute atomic E-state index is 0.0126. The van der Waals surface area contributed by atoms with Gasteiger partial charge in [-0.1, -0.05) is 13.8 Å². The van der Waals surface area contributed by atoms with Gasteiger partial charge in [0.15, 0.2) is 9.84 Å². The molecule has 0 radical (unpaired) electrons. The minimum Gasteiger partial charge on any atom is -0.465 e. The van der Waals surface area contributed by atoms with Crippen molar-refractivity contribution in [2.75, 3.05) is 12.8 Å². The SMILES string of the molecule is CC(C)C1c2nc3cc(CO)c(S(C)(=O)=O)cc3n2CCN1C(=O)O. The second-order valence-electron chi connectivity index (χ2n) is 6.67. The van der Waals surface area contributed by atoms with Gasteiger partial charge in [0.2, 0.25) is 0 Å². The lowest BCUT2D eigenvalue weighted by molar-refractivity contribution is 0.0913. The summed E-state index contributed by atoms with van der Waals surface area (Å²) in [4.78, 5) is 17.6. The third-order valence-electron chi connectivity index (χ3n) is 4.57. The van der Waals surface area contributed by atoms with Gasteiger partial charge >= 0.3 is 6.09 Å². The number of rotatable bonds is 3. The number of aliphatic hydroxyl groups excluding tert-OH is 1. The zero-order valence-electron chi connectivity index (χ0n) is 14.3. The monoisotopic (exact) mass is 367 g/mol. The molecule has 3 rings (SSSR count). The molecule has 136 valence electrons. The van der Waals surface area contributed by atoms with Gasteiger partial charge in [0, 0.05) is 19.3 Å². The van der Waals surface area contributed by atoms with Crippen LogP contribution >= 0.6 is 0 Å². The number of benzene rings is 1. The number of amides is 1. The van der Waals surface area contributed by atoms with Crippen LogP contribution in [0.1, 0.15) is 31.3 Å². The van der Waals surface area contributed by atoms with Crippen LogP contribution in [0.25, 0.3) is 11.0 Å². The van der Waals surface area contributed by atoms with Crippen LogP contribution < -0.4 is 0 Å². The number of aromatic nitrogens is 2. The van der Waals surface area contributed by atoms with E-state index in [1.165, 1.54) is 11.0 Å². The topological polar surface area (TPSA) is 113 Å². The molecule has 25 heavy (non-hydrogen) atoms. The van der Waals surface area contributed by atoms with Crippen molar-refractivity contribution in [3.8, 4) is 0 Å². The van der Waals surface area contributed by atoms with E-state index < -0.39 is 28.6 Å². The van der Waals surface area contributed by atoms with E-state index in [1.807, 2.05) is 18.4 Å². The van der Waals surface area contributed by atoms with E-state index in [-0.39, 0.29) is 10.8 Å². The number of nitrogens with zero attached hydrogens (tertiary/aromatic N) is 3. The Bertz CT molecular complexity index is 948. The van der Waals surface area contributed by atoms with E-state index in [2.05, 4.69) is 4.98 Å². The summed E-state index contributed by atoms with van der Waals surface area (Å²) in [6.07, 6.45) is 0.106. The summed E-state index contributed by atoms with van der Waals surface area (Å²) in [5.41, 5.74) is 1.49. The number of hydrogen-bond donors (Lipinski definition) is 2. The van der Waals surface area contributed by atoms with Gasteiger partial charge in [0.1, 0.15) is 5.82 Å². The van der Waals surface area contributed by atoms with Crippen LogP contribution in [-0.4, -0.2) is 52.0 Å². The molecule has 0 saturated heterocycles. The normalized spacial score (nSPS) is 18.0. The van der Waals surface area contributed by atoms with E-state index in [4.69, 9.17) is 0 Å². The van der Waals surface area contributed by atoms with E-state index in [0.717, 1.165) is 6.26 Å². The Morgan fingerprint density at radius 2 is 2.04 bits per heavy atom. The Morgan fingerprint density at radius 1 is 1.36 bits per heavy atom. The maximum Gasteiger partial charge on any atom is 0.407 e. The predicted molar refractivity (Wildman–Crippen MR) is 91.1 cm³/mol. The van der Waals surface area contributed by atoms with E-state index in [0.29, 0.717) is 35.5 Å². The Labute approximate surface area is 145 Å². The lowest BCUT2D eigenvalue weighted by Crippen LogP contribution is -2.43. The van der Waals surface area contributed by atoms with Gasteiger partial charge in [-0.25, -0.2) is 18.2 Å². The van der Waals surface area contributed by atoms with E-state index >= 15 is 0 Å². The molecule has 8 nitrogen and oxygen atoms in total. The lowest BCUT2D eigenvalue weighted by Gasteiger charge is -2.36. The second kappa shape index (κ2) is 5.99. The Kier molecular flexibility index (Phi) is 4.24. The highest BCUT2D eigenvalue weighted by molar-refractivity contribution is 7.90. The van der Waals surface area contributed by atoms with Gasteiger partial charge in [0.25, 0.3) is 0 Å². The zero-order valence-corrected chi connectivity index (χ0v) is 15.1. The van der Waals surface area contributed by atoms with Crippen molar-refractivity contribution in [3.05, 3.63) is 23.5 Å². The van der Waals surface area contributed by atoms with Gasteiger partial charge in [0.05, 0.1) is 28.6 Å². The first-order valence-corrected chi connectivity index (χ1v) is 9.87. The quantitative estimate of drug-likeness (QED) is 0.852. The molecular formula is C16H21N3O5S. The molecule has 1 aromatic carbocycles. The van der Waals surface area contributed by atoms with Crippen molar-refractivity contribution < 1.29 is 23.4 Å². The molecule has 1 aromatic heterocycles. The molecule has 0 fully saturated rings. The van der Waals surface area contributed by atoms with Crippen LogP contribution in [-0.2, 0) is 23.0 Å². The molecule has 0 spiro atoms. The average Bonchev–Trinajstić information content (AvgIpc) is 2.88. The summed E-state index contributed by atoms with van der Waals surface area (Å²) in [6, 6.07) is 2.69. The summed E-state index contributed by atoms with van der Waals surface area (Å²) in [6.45, 7) is 4.17. The lowest BCUT2D eigenvalue weighted by atomic mass is 10.0. The molecule has 2 heterocycles. The van der Waals surface area contributed by atoms with Gasteiger partial charge in [-0.05, 0) is 23.6 Å². The first kappa shape index (κ1) is 17.7. The summed E-state index contributed by atoms with van der Waals surface area (Å²) < 4.78 is 26.0. The Balaban J connectivity index is 2.27. The first-order valence-electron chi connectivity index (χ1n) is 7.98. The molecule has 1 amide bonds. The standard InChI is InChI=1S/C16H21N3O5S/c1-9(2)14-15-17-11-6-10(8-20)13(25(3,23)24)7-12(11)18(15)4-5-19(14)16(21)22/h6-7,9,14,20H,4-5,8H2,1-3H3,(H,21,22). The van der Waals surface area contributed by atoms with Crippen LogP contribution in [0.3, 0.4) is 0 Å². The molecule has 1 aliphatic rings. The highest BCUT2D eigenvalue weighted by atomic mass is 32.2. The zero-order chi connectivity index (χ0) is 18.5. The molecule has 1 unspecified atom stereocenters. The molecule has 0 saturated carbocycles. The highest BCUT2D eigenvalue weighted by Crippen LogP contribution is 2.35. The summed E-state index contributed by atoms with van der Waals surface area (Å²) in [5.74, 6) is 0.617. The smallest absolute Gasteiger partial charge is 0.407 e. The first-order chi connectivity index (χ1) is 11.6. The number of carbonyl (C=O) groups is 1. The Morgan fingerprint density at radius 3 is 2.56 bits per heavy atom. The van der Waals surface area contributed by atoms with Crippen molar-refractivity contribution in [1.82, 2.24) is 14.5 Å². The van der Waals surface area contributed by atoms with Gasteiger partial charge in [-0.15, -0.1) is 0 Å². The fourth-order valence-electron chi connectivity index (χ4n) is 3.50. The molecule has 9 heteroatoms. The largest absolute Gasteiger partial charge is 0.465 e. The van der Waals surface area contributed by atoms with E-state index in [1.54, 1.807) is 6.07 Å². The third kappa shape index (κ3) is 2.87. The fourth-order valence-corrected chi connectivity index (χ4v) is 4.43. The summed E-state index contributed by atoms with van der Waals surface area (Å²) in [7, 11) is -3.50. The molecule has 0 aliphatic carbocycles. The predicted octanol–water partition coefficient (Wildman–Crippen LogP) is 1.62. The van der Waals surface area contributed by atoms with Crippen LogP contribution in [0.4, 0.5) is 4.79 Å². The van der Waals surface area contributed by atoms with Crippen LogP contribution in [0.5, 0.6) is 0 Å². The third-order valence-corrected chi connectivity index (χ3v) is 5.75. The van der Waals surface area contributed by atoms with Crippen LogP contribution in [0.2, 0.25) is 0 Å². The van der Waals surface area contributed by atoms with Crippen molar-refractivity contribution in [2.24, 2.45) is 5.92 Å². The van der Waals surface area contributed by atoms with Gasteiger partial charge in [-0.3, -0.25) is 4.90 Å². The van der Waals surface area contributed by atoms with Crippen LogP contribution in [0, 0.1) is 5.92 Å².